The number of benzene rings is 2. The number of amides is 1. The van der Waals surface area contributed by atoms with E-state index in [0.29, 0.717) is 12.1 Å². The number of rotatable bonds is 5. The lowest BCUT2D eigenvalue weighted by Crippen LogP contribution is -2.30. The number of thioether (sulfide) groups is 1. The van der Waals surface area contributed by atoms with Crippen LogP contribution in [0.1, 0.15) is 27.7 Å². The largest absolute Gasteiger partial charge is 0.369 e. The summed E-state index contributed by atoms with van der Waals surface area (Å²) in [6, 6.07) is 17.5. The van der Waals surface area contributed by atoms with Crippen molar-refractivity contribution in [1.29, 1.82) is 0 Å². The highest BCUT2D eigenvalue weighted by molar-refractivity contribution is 7.98. The minimum Gasteiger partial charge on any atom is -0.369 e. The van der Waals surface area contributed by atoms with Crippen LogP contribution in [0.3, 0.4) is 0 Å². The van der Waals surface area contributed by atoms with Crippen LogP contribution in [0.5, 0.6) is 0 Å². The quantitative estimate of drug-likeness (QED) is 0.863. The number of fused-ring (bicyclic) bond motifs is 1. The zero-order valence-corrected chi connectivity index (χ0v) is 12.4. The smallest absolute Gasteiger partial charge is 0.256 e. The van der Waals surface area contributed by atoms with Crippen molar-refractivity contribution >= 4 is 17.7 Å². The number of hydrogen-bond donors (Lipinski definition) is 1. The standard InChI is InChI=1S/C17H17NO2S/c19-16-14-8-4-5-9-15(14)17(20)18(16)10-11-21-12-13-6-2-1-3-7-13/h1-9,16,19H,10-12H2. The van der Waals surface area contributed by atoms with Gasteiger partial charge in [0.15, 0.2) is 6.23 Å². The lowest BCUT2D eigenvalue weighted by atomic mass is 10.1. The molecule has 0 spiro atoms. The van der Waals surface area contributed by atoms with Gasteiger partial charge < -0.3 is 10.0 Å². The van der Waals surface area contributed by atoms with Crippen LogP contribution in [0.2, 0.25) is 0 Å². The van der Waals surface area contributed by atoms with Gasteiger partial charge in [0, 0.05) is 29.2 Å². The highest BCUT2D eigenvalue weighted by atomic mass is 32.2. The van der Waals surface area contributed by atoms with E-state index >= 15 is 0 Å². The highest BCUT2D eigenvalue weighted by Gasteiger charge is 2.34. The third-order valence-corrected chi connectivity index (χ3v) is 4.62. The maximum Gasteiger partial charge on any atom is 0.256 e. The second-order valence-corrected chi connectivity index (χ2v) is 6.10. The van der Waals surface area contributed by atoms with Crippen LogP contribution in [0.15, 0.2) is 54.6 Å². The Balaban J connectivity index is 1.54. The Kier molecular flexibility index (Phi) is 4.27. The minimum absolute atomic E-state index is 0.0709. The Morgan fingerprint density at radius 3 is 2.52 bits per heavy atom. The first-order valence-corrected chi connectivity index (χ1v) is 8.12. The van der Waals surface area contributed by atoms with Crippen molar-refractivity contribution < 1.29 is 9.90 Å². The summed E-state index contributed by atoms with van der Waals surface area (Å²) in [5.41, 5.74) is 2.62. The van der Waals surface area contributed by atoms with Crippen molar-refractivity contribution in [1.82, 2.24) is 4.90 Å². The number of hydrogen-bond acceptors (Lipinski definition) is 3. The fourth-order valence-corrected chi connectivity index (χ4v) is 3.40. The molecule has 3 nitrogen and oxygen atoms in total. The predicted octanol–water partition coefficient (Wildman–Crippen LogP) is 3.07. The van der Waals surface area contributed by atoms with Crippen LogP contribution in [0.4, 0.5) is 0 Å². The Morgan fingerprint density at radius 1 is 1.05 bits per heavy atom. The summed E-state index contributed by atoms with van der Waals surface area (Å²) < 4.78 is 0. The molecule has 1 heterocycles. The number of nitrogens with zero attached hydrogens (tertiary/aromatic N) is 1. The van der Waals surface area contributed by atoms with Gasteiger partial charge in [-0.25, -0.2) is 0 Å². The van der Waals surface area contributed by atoms with E-state index in [4.69, 9.17) is 0 Å². The molecule has 0 aliphatic carbocycles. The molecule has 2 aromatic carbocycles. The van der Waals surface area contributed by atoms with E-state index in [-0.39, 0.29) is 5.91 Å². The zero-order chi connectivity index (χ0) is 14.7. The van der Waals surface area contributed by atoms with Gasteiger partial charge in [-0.05, 0) is 11.6 Å². The Morgan fingerprint density at radius 2 is 1.76 bits per heavy atom. The molecule has 1 aliphatic heterocycles. The van der Waals surface area contributed by atoms with Crippen LogP contribution in [-0.2, 0) is 5.75 Å². The summed E-state index contributed by atoms with van der Waals surface area (Å²) in [5, 5.41) is 10.2. The van der Waals surface area contributed by atoms with Crippen molar-refractivity contribution in [2.24, 2.45) is 0 Å². The number of aliphatic hydroxyl groups excluding tert-OH is 1. The van der Waals surface area contributed by atoms with Crippen molar-refractivity contribution in [3.63, 3.8) is 0 Å². The Bertz CT molecular complexity index is 630. The molecule has 2 aromatic rings. The molecule has 1 N–H and O–H groups in total. The van der Waals surface area contributed by atoms with Crippen molar-refractivity contribution in [2.75, 3.05) is 12.3 Å². The predicted molar refractivity (Wildman–Crippen MR) is 85.0 cm³/mol. The first-order valence-electron chi connectivity index (χ1n) is 6.97. The summed E-state index contributed by atoms with van der Waals surface area (Å²) in [4.78, 5) is 13.8. The van der Waals surface area contributed by atoms with E-state index in [1.165, 1.54) is 5.56 Å². The topological polar surface area (TPSA) is 40.5 Å². The summed E-state index contributed by atoms with van der Waals surface area (Å²) in [7, 11) is 0. The van der Waals surface area contributed by atoms with E-state index in [1.54, 1.807) is 22.7 Å². The number of carbonyl (C=O) groups is 1. The third kappa shape index (κ3) is 2.96. The molecule has 0 bridgehead atoms. The summed E-state index contributed by atoms with van der Waals surface area (Å²) in [5.74, 6) is 1.66. The first kappa shape index (κ1) is 14.2. The fraction of sp³-hybridized carbons (Fsp3) is 0.235. The Labute approximate surface area is 128 Å². The van der Waals surface area contributed by atoms with Gasteiger partial charge in [0.25, 0.3) is 5.91 Å². The molecule has 21 heavy (non-hydrogen) atoms. The van der Waals surface area contributed by atoms with Crippen LogP contribution in [0.25, 0.3) is 0 Å². The van der Waals surface area contributed by atoms with Gasteiger partial charge in [-0.3, -0.25) is 4.79 Å². The van der Waals surface area contributed by atoms with Crippen LogP contribution >= 0.6 is 11.8 Å². The maximum atomic E-state index is 12.2. The molecule has 0 fully saturated rings. The van der Waals surface area contributed by atoms with Gasteiger partial charge in [-0.1, -0.05) is 48.5 Å². The molecule has 3 rings (SSSR count). The molecule has 0 saturated heterocycles. The fourth-order valence-electron chi connectivity index (χ4n) is 2.50. The highest BCUT2D eigenvalue weighted by Crippen LogP contribution is 2.31. The van der Waals surface area contributed by atoms with Crippen LogP contribution < -0.4 is 0 Å². The van der Waals surface area contributed by atoms with Crippen LogP contribution in [0, 0.1) is 0 Å². The van der Waals surface area contributed by atoms with Gasteiger partial charge in [-0.15, -0.1) is 0 Å². The average Bonchev–Trinajstić information content (AvgIpc) is 2.77. The second kappa shape index (κ2) is 6.33. The molecule has 0 radical (unpaired) electrons. The van der Waals surface area contributed by atoms with E-state index < -0.39 is 6.23 Å². The summed E-state index contributed by atoms with van der Waals surface area (Å²) in [6.45, 7) is 0.562. The van der Waals surface area contributed by atoms with E-state index in [9.17, 15) is 9.90 Å². The minimum atomic E-state index is -0.800. The van der Waals surface area contributed by atoms with Crippen molar-refractivity contribution in [3.8, 4) is 0 Å². The molecule has 1 unspecified atom stereocenters. The molecule has 108 valence electrons. The van der Waals surface area contributed by atoms with E-state index in [0.717, 1.165) is 17.1 Å². The maximum absolute atomic E-state index is 12.2. The second-order valence-electron chi connectivity index (χ2n) is 5.00. The first-order chi connectivity index (χ1) is 10.3. The van der Waals surface area contributed by atoms with Gasteiger partial charge >= 0.3 is 0 Å². The van der Waals surface area contributed by atoms with Gasteiger partial charge in [0.2, 0.25) is 0 Å². The summed E-state index contributed by atoms with van der Waals surface area (Å²) >= 11 is 1.77. The van der Waals surface area contributed by atoms with Crippen LogP contribution in [-0.4, -0.2) is 28.2 Å². The number of aliphatic hydroxyl groups is 1. The monoisotopic (exact) mass is 299 g/mol. The molecule has 1 amide bonds. The van der Waals surface area contributed by atoms with Crippen molar-refractivity contribution in [3.05, 3.63) is 71.3 Å². The molecule has 4 heteroatoms. The Hall–Kier alpha value is -1.78. The molecule has 0 saturated carbocycles. The molecular formula is C17H17NO2S. The van der Waals surface area contributed by atoms with Gasteiger partial charge in [0.05, 0.1) is 0 Å². The lowest BCUT2D eigenvalue weighted by molar-refractivity contribution is 0.0208. The number of carbonyl (C=O) groups excluding carboxylic acids is 1. The average molecular weight is 299 g/mol. The molecule has 1 atom stereocenters. The molecular weight excluding hydrogens is 282 g/mol. The van der Waals surface area contributed by atoms with E-state index in [2.05, 4.69) is 12.1 Å². The third-order valence-electron chi connectivity index (χ3n) is 3.61. The SMILES string of the molecule is O=C1c2ccccc2C(O)N1CCSCc1ccccc1. The molecule has 1 aliphatic rings. The van der Waals surface area contributed by atoms with Gasteiger partial charge in [0.1, 0.15) is 0 Å². The normalized spacial score (nSPS) is 17.1. The van der Waals surface area contributed by atoms with Crippen molar-refractivity contribution in [2.45, 2.75) is 12.0 Å². The van der Waals surface area contributed by atoms with E-state index in [1.807, 2.05) is 36.4 Å². The summed E-state index contributed by atoms with van der Waals surface area (Å²) in [6.07, 6.45) is -0.800. The molecule has 0 aromatic heterocycles. The van der Waals surface area contributed by atoms with Gasteiger partial charge in [-0.2, -0.15) is 11.8 Å². The zero-order valence-electron chi connectivity index (χ0n) is 11.6. The lowest BCUT2D eigenvalue weighted by Gasteiger charge is -2.20.